The Kier molecular flexibility index (Phi) is 6.75. The van der Waals surface area contributed by atoms with Crippen molar-refractivity contribution in [3.8, 4) is 11.1 Å². The van der Waals surface area contributed by atoms with Gasteiger partial charge in [0, 0.05) is 37.4 Å². The number of carboxylic acids is 1. The number of benzene rings is 2. The molecule has 7 heteroatoms. The van der Waals surface area contributed by atoms with Crippen LogP contribution in [0.25, 0.3) is 11.1 Å². The van der Waals surface area contributed by atoms with Crippen molar-refractivity contribution in [1.29, 1.82) is 0 Å². The molecule has 1 heterocycles. The van der Waals surface area contributed by atoms with Crippen molar-refractivity contribution in [2.75, 3.05) is 19.7 Å². The van der Waals surface area contributed by atoms with Gasteiger partial charge in [-0.05, 0) is 60.3 Å². The molecule has 184 valence electrons. The second kappa shape index (κ2) is 10.1. The van der Waals surface area contributed by atoms with Crippen molar-refractivity contribution in [3.63, 3.8) is 0 Å². The minimum absolute atomic E-state index is 0.0175. The van der Waals surface area contributed by atoms with Crippen molar-refractivity contribution in [3.05, 3.63) is 59.7 Å². The van der Waals surface area contributed by atoms with Gasteiger partial charge in [-0.15, -0.1) is 0 Å². The van der Waals surface area contributed by atoms with E-state index in [2.05, 4.69) is 29.6 Å². The highest BCUT2D eigenvalue weighted by atomic mass is 16.5. The van der Waals surface area contributed by atoms with E-state index in [1.807, 2.05) is 29.2 Å². The first-order chi connectivity index (χ1) is 17.0. The molecule has 2 N–H and O–H groups in total. The maximum Gasteiger partial charge on any atom is 0.407 e. The zero-order valence-electron chi connectivity index (χ0n) is 19.8. The number of amides is 2. The molecule has 1 saturated carbocycles. The van der Waals surface area contributed by atoms with E-state index in [0.29, 0.717) is 19.5 Å². The normalized spacial score (nSPS) is 23.4. The fraction of sp³-hybridized carbons (Fsp3) is 0.464. The van der Waals surface area contributed by atoms with E-state index in [1.165, 1.54) is 22.3 Å². The van der Waals surface area contributed by atoms with E-state index in [9.17, 15) is 14.4 Å². The molecule has 2 aromatic rings. The van der Waals surface area contributed by atoms with Crippen LogP contribution < -0.4 is 5.32 Å². The summed E-state index contributed by atoms with van der Waals surface area (Å²) < 4.78 is 5.66. The van der Waals surface area contributed by atoms with Crippen molar-refractivity contribution in [2.24, 2.45) is 11.8 Å². The summed E-state index contributed by atoms with van der Waals surface area (Å²) in [7, 11) is 0. The summed E-state index contributed by atoms with van der Waals surface area (Å²) in [6.07, 6.45) is 3.44. The molecule has 1 saturated heterocycles. The van der Waals surface area contributed by atoms with E-state index >= 15 is 0 Å². The van der Waals surface area contributed by atoms with Crippen LogP contribution in [0.2, 0.25) is 0 Å². The number of ether oxygens (including phenoxy) is 1. The Morgan fingerprint density at radius 2 is 1.66 bits per heavy atom. The van der Waals surface area contributed by atoms with Crippen molar-refractivity contribution in [1.82, 2.24) is 10.2 Å². The minimum atomic E-state index is -0.808. The molecular weight excluding hydrogens is 444 g/mol. The highest BCUT2D eigenvalue weighted by molar-refractivity contribution is 5.80. The highest BCUT2D eigenvalue weighted by Gasteiger charge is 2.36. The van der Waals surface area contributed by atoms with Gasteiger partial charge in [-0.1, -0.05) is 48.5 Å². The van der Waals surface area contributed by atoms with Crippen molar-refractivity contribution < 1.29 is 24.2 Å². The smallest absolute Gasteiger partial charge is 0.407 e. The van der Waals surface area contributed by atoms with E-state index in [-0.39, 0.29) is 42.7 Å². The first-order valence-corrected chi connectivity index (χ1v) is 12.6. The number of hydrogen-bond acceptors (Lipinski definition) is 4. The number of carbonyl (C=O) groups excluding carboxylic acids is 2. The summed E-state index contributed by atoms with van der Waals surface area (Å²) in [5.74, 6) is -0.794. The first kappa shape index (κ1) is 23.4. The molecule has 1 unspecified atom stereocenters. The third-order valence-corrected chi connectivity index (χ3v) is 7.74. The molecule has 2 amide bonds. The second-order valence-corrected chi connectivity index (χ2v) is 10.1. The molecule has 35 heavy (non-hydrogen) atoms. The zero-order chi connectivity index (χ0) is 24.4. The number of piperidine rings is 1. The Morgan fingerprint density at radius 3 is 2.34 bits per heavy atom. The van der Waals surface area contributed by atoms with Gasteiger partial charge in [0.15, 0.2) is 0 Å². The van der Waals surface area contributed by atoms with Crippen LogP contribution in [-0.2, 0) is 14.3 Å². The third kappa shape index (κ3) is 5.04. The van der Waals surface area contributed by atoms with Gasteiger partial charge in [0.25, 0.3) is 0 Å². The molecule has 3 atom stereocenters. The number of carbonyl (C=O) groups is 3. The summed E-state index contributed by atoms with van der Waals surface area (Å²) in [5, 5.41) is 12.0. The number of alkyl carbamates (subject to hydrolysis) is 1. The lowest BCUT2D eigenvalue weighted by molar-refractivity contribution is -0.142. The molecule has 2 aromatic carbocycles. The zero-order valence-corrected chi connectivity index (χ0v) is 19.8. The fourth-order valence-electron chi connectivity index (χ4n) is 6.08. The topological polar surface area (TPSA) is 95.9 Å². The van der Waals surface area contributed by atoms with Gasteiger partial charge in [0.1, 0.15) is 6.61 Å². The molecule has 0 radical (unpaired) electrons. The van der Waals surface area contributed by atoms with Gasteiger partial charge >= 0.3 is 12.1 Å². The first-order valence-electron chi connectivity index (χ1n) is 12.6. The predicted octanol–water partition coefficient (Wildman–Crippen LogP) is 4.41. The Bertz CT molecular complexity index is 1070. The number of nitrogens with one attached hydrogen (secondary N) is 1. The largest absolute Gasteiger partial charge is 0.481 e. The van der Waals surface area contributed by atoms with Crippen molar-refractivity contribution >= 4 is 18.0 Å². The van der Waals surface area contributed by atoms with Crippen LogP contribution in [-0.4, -0.2) is 53.7 Å². The minimum Gasteiger partial charge on any atom is -0.481 e. The summed E-state index contributed by atoms with van der Waals surface area (Å²) in [4.78, 5) is 38.5. The lowest BCUT2D eigenvalue weighted by atomic mass is 9.93. The van der Waals surface area contributed by atoms with E-state index in [1.54, 1.807) is 0 Å². The quantitative estimate of drug-likeness (QED) is 0.644. The van der Waals surface area contributed by atoms with Gasteiger partial charge < -0.3 is 20.1 Å². The molecular formula is C28H32N2O5. The third-order valence-electron chi connectivity index (χ3n) is 7.74. The maximum absolute atomic E-state index is 13.0. The number of hydrogen-bond donors (Lipinski definition) is 2. The lowest BCUT2D eigenvalue weighted by Gasteiger charge is -2.33. The van der Waals surface area contributed by atoms with Crippen LogP contribution in [0.3, 0.4) is 0 Å². The van der Waals surface area contributed by atoms with Crippen LogP contribution in [0.1, 0.15) is 55.6 Å². The Hall–Kier alpha value is -3.35. The maximum atomic E-state index is 13.0. The van der Waals surface area contributed by atoms with Gasteiger partial charge in [-0.3, -0.25) is 9.59 Å². The fourth-order valence-corrected chi connectivity index (χ4v) is 6.08. The molecule has 5 rings (SSSR count). The number of nitrogens with zero attached hydrogens (tertiary/aromatic N) is 1. The number of fused-ring (bicyclic) bond motifs is 3. The molecule has 3 aliphatic rings. The summed E-state index contributed by atoms with van der Waals surface area (Å²) >= 11 is 0. The van der Waals surface area contributed by atoms with Crippen LogP contribution in [0, 0.1) is 11.8 Å². The summed E-state index contributed by atoms with van der Waals surface area (Å²) in [6.45, 7) is 1.48. The molecule has 0 spiro atoms. The molecule has 7 nitrogen and oxygen atoms in total. The van der Waals surface area contributed by atoms with Crippen LogP contribution in [0.4, 0.5) is 4.79 Å². The average Bonchev–Trinajstić information content (AvgIpc) is 3.45. The van der Waals surface area contributed by atoms with Gasteiger partial charge in [0.2, 0.25) is 5.91 Å². The second-order valence-electron chi connectivity index (χ2n) is 10.1. The predicted molar refractivity (Wildman–Crippen MR) is 131 cm³/mol. The standard InChI is InChI=1S/C28H32N2O5/c31-26(32)14-18-6-5-13-30(16-18)27(33)19-11-12-20(15-19)29-28(34)35-17-25-23-9-3-1-7-21(23)22-8-2-4-10-24(22)25/h1-4,7-10,18-20,25H,5-6,11-17H2,(H,29,34)(H,31,32)/t18?,19-,20+/m0/s1. The van der Waals surface area contributed by atoms with Crippen LogP contribution in [0.15, 0.2) is 48.5 Å². The van der Waals surface area contributed by atoms with Gasteiger partial charge in [-0.25, -0.2) is 4.79 Å². The monoisotopic (exact) mass is 476 g/mol. The molecule has 0 aromatic heterocycles. The summed E-state index contributed by atoms with van der Waals surface area (Å²) in [5.41, 5.74) is 4.74. The lowest BCUT2D eigenvalue weighted by Crippen LogP contribution is -2.43. The number of carboxylic acid groups (broad SMARTS) is 1. The van der Waals surface area contributed by atoms with Gasteiger partial charge in [0.05, 0.1) is 0 Å². The van der Waals surface area contributed by atoms with Crippen molar-refractivity contribution in [2.45, 2.75) is 50.5 Å². The molecule has 2 aliphatic carbocycles. The Balaban J connectivity index is 1.12. The number of aliphatic carboxylic acids is 1. The SMILES string of the molecule is O=C(O)CC1CCCN(C(=O)[C@H]2CC[C@@H](NC(=O)OCC3c4ccccc4-c4ccccc43)C2)C1. The highest BCUT2D eigenvalue weighted by Crippen LogP contribution is 2.44. The average molecular weight is 477 g/mol. The molecule has 0 bridgehead atoms. The molecule has 1 aliphatic heterocycles. The van der Waals surface area contributed by atoms with E-state index in [4.69, 9.17) is 9.84 Å². The van der Waals surface area contributed by atoms with E-state index < -0.39 is 12.1 Å². The Morgan fingerprint density at radius 1 is 0.971 bits per heavy atom. The van der Waals surface area contributed by atoms with Crippen LogP contribution >= 0.6 is 0 Å². The number of likely N-dealkylation sites (tertiary alicyclic amines) is 1. The number of rotatable bonds is 6. The van der Waals surface area contributed by atoms with Gasteiger partial charge in [-0.2, -0.15) is 0 Å². The Labute approximate surface area is 205 Å². The molecule has 2 fully saturated rings. The van der Waals surface area contributed by atoms with Crippen LogP contribution in [0.5, 0.6) is 0 Å². The summed E-state index contributed by atoms with van der Waals surface area (Å²) in [6, 6.07) is 16.4. The van der Waals surface area contributed by atoms with E-state index in [0.717, 1.165) is 25.7 Å².